The van der Waals surface area contributed by atoms with Crippen LogP contribution in [0.15, 0.2) is 47.5 Å². The van der Waals surface area contributed by atoms with Crippen LogP contribution in [0.4, 0.5) is 18.0 Å². The van der Waals surface area contributed by atoms with E-state index in [0.717, 1.165) is 6.07 Å². The number of nitrogens with one attached hydrogen (secondary N) is 1. The van der Waals surface area contributed by atoms with E-state index in [-0.39, 0.29) is 35.1 Å². The molecule has 3 atom stereocenters. The maximum Gasteiger partial charge on any atom is 0.416 e. The number of carbonyl (C=O) groups excluding carboxylic acids is 1. The van der Waals surface area contributed by atoms with Crippen LogP contribution in [0.2, 0.25) is 0 Å². The van der Waals surface area contributed by atoms with Crippen molar-refractivity contribution in [3.63, 3.8) is 0 Å². The number of allylic oxidation sites excluding steroid dienone is 3. The molecule has 2 unspecified atom stereocenters. The Kier molecular flexibility index (Phi) is 6.77. The fourth-order valence-electron chi connectivity index (χ4n) is 3.84. The molecule has 4 nitrogen and oxygen atoms in total. The summed E-state index contributed by atoms with van der Waals surface area (Å²) in [4.78, 5) is 13.9. The van der Waals surface area contributed by atoms with Gasteiger partial charge in [0.05, 0.1) is 30.9 Å². The molecule has 1 heterocycles. The number of likely N-dealkylation sites (tertiary alicyclic amines) is 1. The molecule has 2 amide bonds. The van der Waals surface area contributed by atoms with E-state index in [1.54, 1.807) is 17.0 Å². The number of urea groups is 1. The van der Waals surface area contributed by atoms with Crippen molar-refractivity contribution in [2.24, 2.45) is 11.8 Å². The number of ether oxygens (including phenoxy) is 1. The summed E-state index contributed by atoms with van der Waals surface area (Å²) in [6, 6.07) is 5.31. The maximum absolute atomic E-state index is 13.7. The van der Waals surface area contributed by atoms with Crippen molar-refractivity contribution in [2.75, 3.05) is 13.1 Å². The summed E-state index contributed by atoms with van der Waals surface area (Å²) >= 11 is 6.08. The van der Waals surface area contributed by atoms with Gasteiger partial charge in [0.25, 0.3) is 0 Å². The number of hydrogen-bond acceptors (Lipinski definition) is 2. The monoisotopic (exact) mass is 456 g/mol. The van der Waals surface area contributed by atoms with Gasteiger partial charge in [-0.1, -0.05) is 48.9 Å². The van der Waals surface area contributed by atoms with Crippen LogP contribution >= 0.6 is 11.6 Å². The predicted octanol–water partition coefficient (Wildman–Crippen LogP) is 5.90. The van der Waals surface area contributed by atoms with Gasteiger partial charge in [-0.15, -0.1) is 0 Å². The van der Waals surface area contributed by atoms with E-state index in [0.29, 0.717) is 18.1 Å². The first-order chi connectivity index (χ1) is 14.3. The Morgan fingerprint density at radius 3 is 2.45 bits per heavy atom. The standard InChI is InChI=1S/C23H28ClF3N2O2/c1-14-11-15(24)9-10-17(14)20(18-7-5-6-8-19(18)23(25,26)27)31-16-12-29(13-16)21(30)28-22(2,3)4/h5-11,14,16-17,20H,12-13H2,1-4H3,(H,28,30)/t14?,17?,20-/m1/s1. The summed E-state index contributed by atoms with van der Waals surface area (Å²) in [6.07, 6.45) is -0.327. The lowest BCUT2D eigenvalue weighted by Crippen LogP contribution is -2.60. The first-order valence-electron chi connectivity index (χ1n) is 10.3. The third-order valence-electron chi connectivity index (χ3n) is 5.39. The molecule has 170 valence electrons. The number of alkyl halides is 3. The second kappa shape index (κ2) is 8.87. The van der Waals surface area contributed by atoms with Gasteiger partial charge in [-0.3, -0.25) is 0 Å². The van der Waals surface area contributed by atoms with Crippen LogP contribution in [-0.4, -0.2) is 35.7 Å². The van der Waals surface area contributed by atoms with Crippen LogP contribution in [0.3, 0.4) is 0 Å². The number of carbonyl (C=O) groups is 1. The Morgan fingerprint density at radius 2 is 1.87 bits per heavy atom. The largest absolute Gasteiger partial charge is 0.416 e. The highest BCUT2D eigenvalue weighted by Crippen LogP contribution is 2.43. The van der Waals surface area contributed by atoms with Gasteiger partial charge in [-0.05, 0) is 44.4 Å². The van der Waals surface area contributed by atoms with Gasteiger partial charge in [0.2, 0.25) is 0 Å². The zero-order valence-corrected chi connectivity index (χ0v) is 18.8. The highest BCUT2D eigenvalue weighted by Gasteiger charge is 2.41. The number of nitrogens with zero attached hydrogens (tertiary/aromatic N) is 1. The van der Waals surface area contributed by atoms with Crippen molar-refractivity contribution >= 4 is 17.6 Å². The van der Waals surface area contributed by atoms with Gasteiger partial charge >= 0.3 is 12.2 Å². The topological polar surface area (TPSA) is 41.6 Å². The molecule has 1 aromatic carbocycles. The third kappa shape index (κ3) is 5.83. The van der Waals surface area contributed by atoms with E-state index in [4.69, 9.17) is 16.3 Å². The van der Waals surface area contributed by atoms with Crippen LogP contribution in [0, 0.1) is 11.8 Å². The number of amides is 2. The van der Waals surface area contributed by atoms with Crippen molar-refractivity contribution in [1.82, 2.24) is 10.2 Å². The lowest BCUT2D eigenvalue weighted by atomic mass is 9.81. The van der Waals surface area contributed by atoms with E-state index < -0.39 is 17.8 Å². The fraction of sp³-hybridized carbons (Fsp3) is 0.522. The third-order valence-corrected chi connectivity index (χ3v) is 5.64. The first kappa shape index (κ1) is 23.7. The molecule has 2 aliphatic rings. The Bertz CT molecular complexity index is 870. The Hall–Kier alpha value is -1.99. The SMILES string of the molecule is CC1C=C(Cl)C=CC1[C@@H](OC1CN(C(=O)NC(C)(C)C)C1)c1ccccc1C(F)(F)F. The fourth-order valence-corrected chi connectivity index (χ4v) is 4.12. The van der Waals surface area contributed by atoms with Crippen molar-refractivity contribution in [1.29, 1.82) is 0 Å². The second-order valence-electron chi connectivity index (χ2n) is 9.20. The minimum atomic E-state index is -4.49. The summed E-state index contributed by atoms with van der Waals surface area (Å²) in [7, 11) is 0. The van der Waals surface area contributed by atoms with Crippen LogP contribution in [0.25, 0.3) is 0 Å². The number of benzene rings is 1. The molecule has 31 heavy (non-hydrogen) atoms. The highest BCUT2D eigenvalue weighted by atomic mass is 35.5. The Labute approximate surface area is 186 Å². The zero-order valence-electron chi connectivity index (χ0n) is 18.0. The summed E-state index contributed by atoms with van der Waals surface area (Å²) in [6.45, 7) is 8.23. The molecular weight excluding hydrogens is 429 g/mol. The van der Waals surface area contributed by atoms with Crippen LogP contribution in [-0.2, 0) is 10.9 Å². The number of rotatable bonds is 4. The van der Waals surface area contributed by atoms with Crippen molar-refractivity contribution in [3.8, 4) is 0 Å². The molecule has 0 spiro atoms. The minimum absolute atomic E-state index is 0.0977. The number of hydrogen-bond donors (Lipinski definition) is 1. The molecule has 0 bridgehead atoms. The summed E-state index contributed by atoms with van der Waals surface area (Å²) in [5, 5.41) is 3.44. The maximum atomic E-state index is 13.7. The molecule has 8 heteroatoms. The van der Waals surface area contributed by atoms with Gasteiger partial charge in [-0.25, -0.2) is 4.79 Å². The lowest BCUT2D eigenvalue weighted by molar-refractivity contribution is -0.143. The van der Waals surface area contributed by atoms with Gasteiger partial charge in [0.1, 0.15) is 0 Å². The molecule has 1 aliphatic carbocycles. The van der Waals surface area contributed by atoms with Crippen molar-refractivity contribution in [3.05, 3.63) is 58.7 Å². The molecule has 1 fully saturated rings. The van der Waals surface area contributed by atoms with Crippen LogP contribution in [0.1, 0.15) is 44.9 Å². The van der Waals surface area contributed by atoms with Gasteiger partial charge in [-0.2, -0.15) is 13.2 Å². The van der Waals surface area contributed by atoms with Gasteiger partial charge in [0.15, 0.2) is 0 Å². The van der Waals surface area contributed by atoms with Crippen molar-refractivity contribution in [2.45, 2.75) is 51.6 Å². The molecule has 1 aromatic rings. The molecule has 0 radical (unpaired) electrons. The molecule has 0 saturated carbocycles. The summed E-state index contributed by atoms with van der Waals surface area (Å²) < 4.78 is 47.4. The smallest absolute Gasteiger partial charge is 0.366 e. The highest BCUT2D eigenvalue weighted by molar-refractivity contribution is 6.31. The molecule has 1 saturated heterocycles. The van der Waals surface area contributed by atoms with E-state index in [1.807, 2.05) is 39.8 Å². The van der Waals surface area contributed by atoms with E-state index in [1.165, 1.54) is 12.1 Å². The van der Waals surface area contributed by atoms with E-state index >= 15 is 0 Å². The second-order valence-corrected chi connectivity index (χ2v) is 9.63. The lowest BCUT2D eigenvalue weighted by Gasteiger charge is -2.43. The Morgan fingerprint density at radius 1 is 1.23 bits per heavy atom. The van der Waals surface area contributed by atoms with Gasteiger partial charge in [0, 0.05) is 16.5 Å². The van der Waals surface area contributed by atoms with Crippen LogP contribution < -0.4 is 5.32 Å². The van der Waals surface area contributed by atoms with Crippen LogP contribution in [0.5, 0.6) is 0 Å². The van der Waals surface area contributed by atoms with E-state index in [2.05, 4.69) is 5.32 Å². The predicted molar refractivity (Wildman–Crippen MR) is 115 cm³/mol. The summed E-state index contributed by atoms with van der Waals surface area (Å²) in [5.41, 5.74) is -0.978. The molecule has 3 rings (SSSR count). The quantitative estimate of drug-likeness (QED) is 0.612. The van der Waals surface area contributed by atoms with Gasteiger partial charge < -0.3 is 15.0 Å². The molecule has 1 N–H and O–H groups in total. The Balaban J connectivity index is 1.82. The molecule has 1 aliphatic heterocycles. The average Bonchev–Trinajstić information content (AvgIpc) is 2.59. The first-order valence-corrected chi connectivity index (χ1v) is 10.7. The minimum Gasteiger partial charge on any atom is -0.366 e. The zero-order chi connectivity index (χ0) is 23.0. The number of halogens is 4. The molecule has 0 aromatic heterocycles. The normalized spacial score (nSPS) is 23.2. The summed E-state index contributed by atoms with van der Waals surface area (Å²) in [5.74, 6) is -0.424. The van der Waals surface area contributed by atoms with Crippen molar-refractivity contribution < 1.29 is 22.7 Å². The van der Waals surface area contributed by atoms with E-state index in [9.17, 15) is 18.0 Å². The molecular formula is C23H28ClF3N2O2. The average molecular weight is 457 g/mol.